The van der Waals surface area contributed by atoms with Gasteiger partial charge in [-0.05, 0) is 119 Å². The zero-order valence-electron chi connectivity index (χ0n) is 26.3. The van der Waals surface area contributed by atoms with Gasteiger partial charge in [-0.15, -0.1) is 0 Å². The van der Waals surface area contributed by atoms with Gasteiger partial charge in [0, 0.05) is 22.0 Å². The SMILES string of the molecule is NCCCCN1C(=O)N(CCCCN)C(=O)C(Cc2ccc(Br)c(Cl)c2)(Cc2ccc(Br)c(Cl)c2)C1=O.O=C(O)C(F)(F)F.O=C(O)C(F)(F)F. The Labute approximate surface area is 314 Å². The summed E-state index contributed by atoms with van der Waals surface area (Å²) in [6.45, 7) is 1.24. The summed E-state index contributed by atoms with van der Waals surface area (Å²) < 4.78 is 64.9. The molecule has 1 aliphatic heterocycles. The van der Waals surface area contributed by atoms with Crippen molar-refractivity contribution in [3.8, 4) is 0 Å². The first kappa shape index (κ1) is 46.1. The van der Waals surface area contributed by atoms with E-state index in [2.05, 4.69) is 31.9 Å². The molecule has 0 bridgehead atoms. The average Bonchev–Trinajstić information content (AvgIpc) is 3.03. The van der Waals surface area contributed by atoms with E-state index in [0.29, 0.717) is 68.9 Å². The maximum Gasteiger partial charge on any atom is 0.490 e. The standard InChI is InChI=1S/C26H30Br2Cl2N4O3.2C2HF3O2/c27-19-7-5-17(13-21(19)29)15-26(16-18-6-8-20(28)22(30)14-18)23(35)33(11-3-1-9-31)25(37)34(24(26)36)12-4-2-10-32;2*3-2(4,5)1(6)7/h5-8,13-14H,1-4,9-12,15-16,31-32H2;2*(H,6,7). The van der Waals surface area contributed by atoms with E-state index >= 15 is 0 Å². The number of amides is 4. The molecule has 51 heavy (non-hydrogen) atoms. The molecule has 1 saturated heterocycles. The molecular formula is C30H32Br2Cl2F6N4O7. The second-order valence-corrected chi connectivity index (χ2v) is 13.2. The molecule has 21 heteroatoms. The van der Waals surface area contributed by atoms with Crippen LogP contribution < -0.4 is 11.5 Å². The molecule has 284 valence electrons. The lowest BCUT2D eigenvalue weighted by Crippen LogP contribution is -2.66. The summed E-state index contributed by atoms with van der Waals surface area (Å²) >= 11 is 19.5. The van der Waals surface area contributed by atoms with Crippen LogP contribution in [-0.2, 0) is 32.0 Å². The molecule has 0 spiro atoms. The quantitative estimate of drug-likeness (QED) is 0.101. The van der Waals surface area contributed by atoms with Crippen molar-refractivity contribution in [2.24, 2.45) is 16.9 Å². The Hall–Kier alpha value is -2.97. The number of hydrogen-bond donors (Lipinski definition) is 4. The number of alkyl halides is 6. The van der Waals surface area contributed by atoms with Gasteiger partial charge in [0.25, 0.3) is 0 Å². The predicted octanol–water partition coefficient (Wildman–Crippen LogP) is 6.83. The number of carboxylic acids is 2. The number of carbonyl (C=O) groups excluding carboxylic acids is 3. The number of nitrogens with two attached hydrogens (primary N) is 2. The molecule has 0 atom stereocenters. The van der Waals surface area contributed by atoms with Gasteiger partial charge in [0.15, 0.2) is 0 Å². The van der Waals surface area contributed by atoms with Gasteiger partial charge in [-0.1, -0.05) is 35.3 Å². The predicted molar refractivity (Wildman–Crippen MR) is 181 cm³/mol. The number of barbiturate groups is 1. The van der Waals surface area contributed by atoms with E-state index in [1.165, 1.54) is 9.80 Å². The topological polar surface area (TPSA) is 184 Å². The van der Waals surface area contributed by atoms with E-state index in [9.17, 15) is 40.7 Å². The van der Waals surface area contributed by atoms with Gasteiger partial charge in [-0.25, -0.2) is 14.4 Å². The Balaban J connectivity index is 0.000000780. The molecule has 0 unspecified atom stereocenters. The molecule has 3 rings (SSSR count). The fraction of sp³-hybridized carbons (Fsp3) is 0.433. The Kier molecular flexibility index (Phi) is 18.3. The van der Waals surface area contributed by atoms with E-state index in [-0.39, 0.29) is 25.9 Å². The van der Waals surface area contributed by atoms with Crippen molar-refractivity contribution in [3.63, 3.8) is 0 Å². The Morgan fingerprint density at radius 1 is 0.686 bits per heavy atom. The van der Waals surface area contributed by atoms with Crippen molar-refractivity contribution in [1.29, 1.82) is 0 Å². The molecule has 11 nitrogen and oxygen atoms in total. The Bertz CT molecular complexity index is 1460. The third-order valence-corrected chi connectivity index (χ3v) is 9.37. The van der Waals surface area contributed by atoms with Gasteiger partial charge < -0.3 is 21.7 Å². The molecule has 2 aromatic rings. The number of halogens is 10. The van der Waals surface area contributed by atoms with E-state index in [0.717, 1.165) is 0 Å². The zero-order valence-corrected chi connectivity index (χ0v) is 31.0. The van der Waals surface area contributed by atoms with Gasteiger partial charge >= 0.3 is 30.3 Å². The number of nitrogens with zero attached hydrogens (tertiary/aromatic N) is 2. The minimum Gasteiger partial charge on any atom is -0.475 e. The lowest BCUT2D eigenvalue weighted by molar-refractivity contribution is -0.193. The van der Waals surface area contributed by atoms with Crippen LogP contribution in [0.2, 0.25) is 10.0 Å². The van der Waals surface area contributed by atoms with Crippen molar-refractivity contribution in [1.82, 2.24) is 9.80 Å². The van der Waals surface area contributed by atoms with Crippen LogP contribution in [0.25, 0.3) is 0 Å². The van der Waals surface area contributed by atoms with Crippen LogP contribution in [0.15, 0.2) is 45.3 Å². The van der Waals surface area contributed by atoms with Crippen molar-refractivity contribution < 1.29 is 60.5 Å². The van der Waals surface area contributed by atoms with Crippen molar-refractivity contribution in [2.75, 3.05) is 26.2 Å². The Morgan fingerprint density at radius 2 is 1.00 bits per heavy atom. The maximum atomic E-state index is 14.2. The number of imide groups is 2. The van der Waals surface area contributed by atoms with E-state index < -0.39 is 47.6 Å². The largest absolute Gasteiger partial charge is 0.490 e. The van der Waals surface area contributed by atoms with Crippen LogP contribution in [0.4, 0.5) is 31.1 Å². The van der Waals surface area contributed by atoms with E-state index in [1.807, 2.05) is 12.1 Å². The lowest BCUT2D eigenvalue weighted by atomic mass is 9.72. The van der Waals surface area contributed by atoms with Crippen molar-refractivity contribution in [2.45, 2.75) is 50.9 Å². The molecule has 0 saturated carbocycles. The Morgan fingerprint density at radius 3 is 1.25 bits per heavy atom. The van der Waals surface area contributed by atoms with Crippen molar-refractivity contribution in [3.05, 3.63) is 66.5 Å². The highest BCUT2D eigenvalue weighted by Crippen LogP contribution is 2.39. The van der Waals surface area contributed by atoms with Crippen LogP contribution in [0.1, 0.15) is 36.8 Å². The zero-order chi connectivity index (χ0) is 39.3. The number of carbonyl (C=O) groups is 5. The minimum absolute atomic E-state index is 0.0689. The number of hydrogen-bond acceptors (Lipinski definition) is 7. The van der Waals surface area contributed by atoms with Gasteiger partial charge in [0.2, 0.25) is 11.8 Å². The first-order valence-electron chi connectivity index (χ1n) is 14.6. The van der Waals surface area contributed by atoms with Crippen LogP contribution in [0.3, 0.4) is 0 Å². The fourth-order valence-corrected chi connectivity index (χ4v) is 5.41. The molecule has 4 amide bonds. The summed E-state index contributed by atoms with van der Waals surface area (Å²) in [6.07, 6.45) is -7.64. The lowest BCUT2D eigenvalue weighted by Gasteiger charge is -2.44. The van der Waals surface area contributed by atoms with Gasteiger partial charge in [-0.3, -0.25) is 19.4 Å². The third kappa shape index (κ3) is 13.8. The number of benzene rings is 2. The van der Waals surface area contributed by atoms with Crippen LogP contribution in [-0.4, -0.2) is 88.3 Å². The molecule has 2 aromatic carbocycles. The molecule has 6 N–H and O–H groups in total. The van der Waals surface area contributed by atoms with E-state index in [4.69, 9.17) is 54.5 Å². The van der Waals surface area contributed by atoms with E-state index in [1.54, 1.807) is 24.3 Å². The molecule has 0 aromatic heterocycles. The highest BCUT2D eigenvalue weighted by molar-refractivity contribution is 9.10. The molecule has 1 aliphatic rings. The summed E-state index contributed by atoms with van der Waals surface area (Å²) in [5.41, 5.74) is 11.2. The highest BCUT2D eigenvalue weighted by atomic mass is 79.9. The second kappa shape index (κ2) is 20.3. The smallest absolute Gasteiger partial charge is 0.475 e. The normalized spacial score (nSPS) is 14.4. The average molecular weight is 905 g/mol. The third-order valence-electron chi connectivity index (χ3n) is 6.91. The molecular weight excluding hydrogens is 873 g/mol. The fourth-order valence-electron chi connectivity index (χ4n) is 4.51. The number of carboxylic acid groups (broad SMARTS) is 2. The maximum absolute atomic E-state index is 14.2. The summed E-state index contributed by atoms with van der Waals surface area (Å²) in [6, 6.07) is 10.1. The van der Waals surface area contributed by atoms with Gasteiger partial charge in [0.1, 0.15) is 5.41 Å². The number of aliphatic carboxylic acids is 2. The second-order valence-electron chi connectivity index (χ2n) is 10.7. The van der Waals surface area contributed by atoms with Crippen LogP contribution >= 0.6 is 55.1 Å². The number of urea groups is 1. The summed E-state index contributed by atoms with van der Waals surface area (Å²) in [5.74, 6) is -6.56. The summed E-state index contributed by atoms with van der Waals surface area (Å²) in [4.78, 5) is 62.0. The molecule has 0 radical (unpaired) electrons. The highest BCUT2D eigenvalue weighted by Gasteiger charge is 2.57. The van der Waals surface area contributed by atoms with Gasteiger partial charge in [0.05, 0.1) is 10.0 Å². The summed E-state index contributed by atoms with van der Waals surface area (Å²) in [7, 11) is 0. The van der Waals surface area contributed by atoms with Crippen LogP contribution in [0.5, 0.6) is 0 Å². The first-order chi connectivity index (χ1) is 23.5. The van der Waals surface area contributed by atoms with Crippen LogP contribution in [0, 0.1) is 5.41 Å². The van der Waals surface area contributed by atoms with Crippen molar-refractivity contribution >= 4 is 84.8 Å². The molecule has 1 fully saturated rings. The van der Waals surface area contributed by atoms with Gasteiger partial charge in [-0.2, -0.15) is 26.3 Å². The number of rotatable bonds is 12. The summed E-state index contributed by atoms with van der Waals surface area (Å²) in [5, 5.41) is 15.2. The molecule has 0 aliphatic carbocycles. The number of unbranched alkanes of at least 4 members (excludes halogenated alkanes) is 2. The first-order valence-corrected chi connectivity index (χ1v) is 16.9. The molecule has 1 heterocycles. The minimum atomic E-state index is -5.08. The monoisotopic (exact) mass is 902 g/mol.